The summed E-state index contributed by atoms with van der Waals surface area (Å²) in [6.45, 7) is 0. The number of esters is 1. The van der Waals surface area contributed by atoms with Crippen molar-refractivity contribution in [2.24, 2.45) is 11.0 Å². The van der Waals surface area contributed by atoms with E-state index in [0.717, 1.165) is 11.3 Å². The zero-order valence-corrected chi connectivity index (χ0v) is 9.10. The fraction of sp³-hybridized carbons (Fsp3) is 0.167. The molecule has 78 valence electrons. The maximum absolute atomic E-state index is 11.2. The van der Waals surface area contributed by atoms with Crippen LogP contribution in [-0.2, 0) is 9.30 Å². The Hall–Kier alpha value is -0.880. The largest absolute Gasteiger partial charge is 0.465 e. The Morgan fingerprint density at radius 3 is 2.79 bits per heavy atom. The summed E-state index contributed by atoms with van der Waals surface area (Å²) in [5.74, 6) is -0.518. The Morgan fingerprint density at radius 2 is 2.29 bits per heavy atom. The van der Waals surface area contributed by atoms with Crippen molar-refractivity contribution >= 4 is 30.6 Å². The van der Waals surface area contributed by atoms with Crippen molar-refractivity contribution in [2.75, 3.05) is 12.2 Å². The van der Waals surface area contributed by atoms with Crippen molar-refractivity contribution in [1.29, 1.82) is 0 Å². The number of carbonyl (C=O) groups excluding carboxylic acids is 1. The second kappa shape index (κ2) is 4.10. The molecule has 0 aromatic carbocycles. The smallest absolute Gasteiger partial charge is 0.350 e. The summed E-state index contributed by atoms with van der Waals surface area (Å²) < 4.78 is 15.6. The highest BCUT2D eigenvalue weighted by Gasteiger charge is 2.17. The van der Waals surface area contributed by atoms with Crippen LogP contribution in [0, 0.1) is 0 Å². The third-order valence-corrected chi connectivity index (χ3v) is 2.82. The molecule has 1 rings (SSSR count). The van der Waals surface area contributed by atoms with Gasteiger partial charge in [-0.1, -0.05) is 0 Å². The lowest BCUT2D eigenvalue weighted by atomic mass is 10.4. The molecule has 0 unspecified atom stereocenters. The van der Waals surface area contributed by atoms with Gasteiger partial charge in [-0.3, -0.25) is 15.6 Å². The van der Waals surface area contributed by atoms with Gasteiger partial charge < -0.3 is 9.82 Å². The van der Waals surface area contributed by atoms with E-state index >= 15 is 0 Å². The molecule has 0 radical (unpaired) electrons. The second-order valence-electron chi connectivity index (χ2n) is 2.48. The molecule has 0 atom stereocenters. The molecule has 0 saturated heterocycles. The van der Waals surface area contributed by atoms with Crippen LogP contribution in [0.5, 0.6) is 0 Å². The molecule has 14 heavy (non-hydrogen) atoms. The predicted octanol–water partition coefficient (Wildman–Crippen LogP) is 0.972. The van der Waals surface area contributed by atoms with E-state index in [0.29, 0.717) is 10.6 Å². The first kappa shape index (κ1) is 11.2. The molecule has 0 fully saturated rings. The van der Waals surface area contributed by atoms with Gasteiger partial charge in [0, 0.05) is 0 Å². The fourth-order valence-corrected chi connectivity index (χ4v) is 2.24. The van der Waals surface area contributed by atoms with Crippen molar-refractivity contribution in [3.63, 3.8) is 0 Å². The van der Waals surface area contributed by atoms with Crippen LogP contribution in [-0.4, -0.2) is 13.1 Å². The molecule has 5 N–H and O–H groups in total. The SMILES string of the molecule is COC(=O)c1sccc1NP(N)(N)=O. The molecule has 0 bridgehead atoms. The lowest BCUT2D eigenvalue weighted by Gasteiger charge is -2.09. The minimum Gasteiger partial charge on any atom is -0.465 e. The normalized spacial score (nSPS) is 11.1. The van der Waals surface area contributed by atoms with E-state index < -0.39 is 13.6 Å². The van der Waals surface area contributed by atoms with Gasteiger partial charge in [-0.2, -0.15) is 0 Å². The minimum atomic E-state index is -3.38. The molecule has 8 heteroatoms. The molecule has 0 aliphatic heterocycles. The van der Waals surface area contributed by atoms with E-state index in [9.17, 15) is 9.36 Å². The van der Waals surface area contributed by atoms with Crippen LogP contribution in [0.25, 0.3) is 0 Å². The van der Waals surface area contributed by atoms with Gasteiger partial charge in [0.05, 0.1) is 12.8 Å². The van der Waals surface area contributed by atoms with Crippen molar-refractivity contribution < 1.29 is 14.1 Å². The third-order valence-electron chi connectivity index (χ3n) is 1.33. The summed E-state index contributed by atoms with van der Waals surface area (Å²) in [6.07, 6.45) is 0. The maximum Gasteiger partial charge on any atom is 0.350 e. The molecule has 0 aliphatic carbocycles. The summed E-state index contributed by atoms with van der Waals surface area (Å²) in [4.78, 5) is 11.5. The first-order chi connectivity index (χ1) is 6.44. The van der Waals surface area contributed by atoms with Crippen molar-refractivity contribution in [2.45, 2.75) is 0 Å². The van der Waals surface area contributed by atoms with Crippen LogP contribution in [0.4, 0.5) is 5.69 Å². The van der Waals surface area contributed by atoms with Gasteiger partial charge in [0.25, 0.3) is 7.59 Å². The quantitative estimate of drug-likeness (QED) is 0.532. The fourth-order valence-electron chi connectivity index (χ4n) is 0.836. The Bertz CT molecular complexity index is 385. The van der Waals surface area contributed by atoms with E-state index in [1.807, 2.05) is 0 Å². The van der Waals surface area contributed by atoms with Gasteiger partial charge >= 0.3 is 5.97 Å². The number of carbonyl (C=O) groups is 1. The minimum absolute atomic E-state index is 0.295. The Balaban J connectivity index is 2.94. The monoisotopic (exact) mass is 235 g/mol. The predicted molar refractivity (Wildman–Crippen MR) is 55.3 cm³/mol. The summed E-state index contributed by atoms with van der Waals surface area (Å²) in [7, 11) is -2.12. The molecule has 0 saturated carbocycles. The first-order valence-electron chi connectivity index (χ1n) is 3.55. The van der Waals surface area contributed by atoms with Crippen LogP contribution in [0.2, 0.25) is 0 Å². The Labute approximate surface area is 84.8 Å². The molecule has 1 aromatic heterocycles. The number of methoxy groups -OCH3 is 1. The molecule has 0 spiro atoms. The van der Waals surface area contributed by atoms with Crippen LogP contribution < -0.4 is 16.1 Å². The van der Waals surface area contributed by atoms with Crippen LogP contribution in [0.3, 0.4) is 0 Å². The molecule has 1 aromatic rings. The van der Waals surface area contributed by atoms with E-state index in [1.54, 1.807) is 11.4 Å². The lowest BCUT2D eigenvalue weighted by molar-refractivity contribution is 0.0607. The van der Waals surface area contributed by atoms with Crippen LogP contribution in [0.1, 0.15) is 9.67 Å². The Morgan fingerprint density at radius 1 is 1.64 bits per heavy atom. The van der Waals surface area contributed by atoms with Gasteiger partial charge in [0.15, 0.2) is 0 Å². The van der Waals surface area contributed by atoms with E-state index in [1.165, 1.54) is 7.11 Å². The molecule has 1 heterocycles. The highest BCUT2D eigenvalue weighted by molar-refractivity contribution is 7.60. The van der Waals surface area contributed by atoms with Gasteiger partial charge in [-0.05, 0) is 11.4 Å². The van der Waals surface area contributed by atoms with Gasteiger partial charge in [-0.25, -0.2) is 4.79 Å². The molecule has 6 nitrogen and oxygen atoms in total. The zero-order chi connectivity index (χ0) is 10.8. The molecule has 0 amide bonds. The number of thiophene rings is 1. The highest BCUT2D eigenvalue weighted by atomic mass is 32.1. The number of hydrogen-bond acceptors (Lipinski definition) is 4. The summed E-state index contributed by atoms with van der Waals surface area (Å²) in [5, 5.41) is 4.01. The maximum atomic E-state index is 11.2. The van der Waals surface area contributed by atoms with Crippen molar-refractivity contribution in [3.05, 3.63) is 16.3 Å². The zero-order valence-electron chi connectivity index (χ0n) is 7.39. The number of nitrogens with one attached hydrogen (secondary N) is 1. The summed E-state index contributed by atoms with van der Waals surface area (Å²) in [5.41, 5.74) is 10.6. The average molecular weight is 235 g/mol. The third kappa shape index (κ3) is 2.81. The van der Waals surface area contributed by atoms with Gasteiger partial charge in [0.1, 0.15) is 4.88 Å². The van der Waals surface area contributed by atoms with Gasteiger partial charge in [-0.15, -0.1) is 11.3 Å². The van der Waals surface area contributed by atoms with E-state index in [-0.39, 0.29) is 0 Å². The number of nitrogens with two attached hydrogens (primary N) is 2. The molecule has 0 aliphatic rings. The van der Waals surface area contributed by atoms with Crippen LogP contribution in [0.15, 0.2) is 11.4 Å². The number of rotatable bonds is 3. The average Bonchev–Trinajstić information content (AvgIpc) is 2.48. The van der Waals surface area contributed by atoms with E-state index in [2.05, 4.69) is 9.82 Å². The summed E-state index contributed by atoms with van der Waals surface area (Å²) >= 11 is 1.15. The first-order valence-corrected chi connectivity index (χ1v) is 6.28. The number of ether oxygens (including phenoxy) is 1. The van der Waals surface area contributed by atoms with Crippen molar-refractivity contribution in [3.8, 4) is 0 Å². The molecular formula is C6H10N3O3PS. The highest BCUT2D eigenvalue weighted by Crippen LogP contribution is 2.32. The lowest BCUT2D eigenvalue weighted by Crippen LogP contribution is -2.14. The van der Waals surface area contributed by atoms with Crippen molar-refractivity contribution in [1.82, 2.24) is 0 Å². The number of hydrogen-bond donors (Lipinski definition) is 3. The topological polar surface area (TPSA) is 107 Å². The number of anilines is 1. The molecular weight excluding hydrogens is 225 g/mol. The second-order valence-corrected chi connectivity index (χ2v) is 5.03. The Kier molecular flexibility index (Phi) is 3.28. The summed E-state index contributed by atoms with van der Waals surface area (Å²) in [6, 6.07) is 1.56. The van der Waals surface area contributed by atoms with E-state index in [4.69, 9.17) is 11.0 Å². The standard InChI is InChI=1S/C6H10N3O3PS/c1-12-6(10)5-4(2-3-14-5)9-13(7,8)11/h2-3H,1H3,(H5,7,8,9,11). The van der Waals surface area contributed by atoms with Gasteiger partial charge in [0.2, 0.25) is 0 Å². The van der Waals surface area contributed by atoms with Crippen LogP contribution >= 0.6 is 18.9 Å².